The molecule has 4 nitrogen and oxygen atoms in total. The lowest BCUT2D eigenvalue weighted by Gasteiger charge is -2.21. The minimum atomic E-state index is 0.0818. The molecule has 7 aromatic rings. The van der Waals surface area contributed by atoms with Crippen molar-refractivity contribution < 1.29 is 0 Å². The Bertz CT molecular complexity index is 2270. The van der Waals surface area contributed by atoms with Crippen LogP contribution in [0.1, 0.15) is 53.6 Å². The summed E-state index contributed by atoms with van der Waals surface area (Å²) in [6.45, 7) is 15.9. The standard InChI is InChI=1S/C42H40N4/c1-25-17-26(2)40(27(3)18-25)46-37-22-36(42(7)23-30(42)6)35(21-34(37)33-13-14-43-24-38(33)46)41-44-15-16-45(41)39-28(4)19-32(20-29(39)5)31-11-9-8-10-12-31/h8-22,24,30H,23H2,1-7H3/t30-,42?/m1/s1. The highest BCUT2D eigenvalue weighted by Crippen LogP contribution is 2.57. The molecule has 46 heavy (non-hydrogen) atoms. The van der Waals surface area contributed by atoms with E-state index in [0.29, 0.717) is 5.92 Å². The monoisotopic (exact) mass is 600 g/mol. The number of aryl methyl sites for hydroxylation is 5. The van der Waals surface area contributed by atoms with Gasteiger partial charge in [-0.2, -0.15) is 0 Å². The first-order chi connectivity index (χ1) is 22.2. The van der Waals surface area contributed by atoms with Gasteiger partial charge in [-0.25, -0.2) is 4.98 Å². The Morgan fingerprint density at radius 2 is 1.39 bits per heavy atom. The van der Waals surface area contributed by atoms with Crippen molar-refractivity contribution >= 4 is 21.8 Å². The lowest BCUT2D eigenvalue weighted by Crippen LogP contribution is -2.10. The zero-order valence-corrected chi connectivity index (χ0v) is 27.8. The van der Waals surface area contributed by atoms with Crippen molar-refractivity contribution in [2.45, 2.75) is 60.3 Å². The van der Waals surface area contributed by atoms with Gasteiger partial charge in [0.25, 0.3) is 0 Å². The smallest absolute Gasteiger partial charge is 0.144 e. The van der Waals surface area contributed by atoms with Crippen LogP contribution in [0.5, 0.6) is 0 Å². The van der Waals surface area contributed by atoms with E-state index in [9.17, 15) is 0 Å². The van der Waals surface area contributed by atoms with Gasteiger partial charge in [0.05, 0.1) is 28.6 Å². The molecule has 4 heteroatoms. The molecule has 1 aliphatic carbocycles. The fourth-order valence-corrected chi connectivity index (χ4v) is 8.10. The van der Waals surface area contributed by atoms with Crippen molar-refractivity contribution in [1.29, 1.82) is 0 Å². The van der Waals surface area contributed by atoms with Gasteiger partial charge in [-0.15, -0.1) is 0 Å². The molecule has 0 bridgehead atoms. The van der Waals surface area contributed by atoms with Gasteiger partial charge in [0, 0.05) is 34.9 Å². The van der Waals surface area contributed by atoms with E-state index in [1.165, 1.54) is 84.2 Å². The number of nitrogens with zero attached hydrogens (tertiary/aromatic N) is 4. The number of hydrogen-bond acceptors (Lipinski definition) is 2. The number of benzene rings is 4. The summed E-state index contributed by atoms with van der Waals surface area (Å²) in [5.41, 5.74) is 16.3. The van der Waals surface area contributed by atoms with Gasteiger partial charge in [-0.05, 0) is 122 Å². The predicted molar refractivity (Wildman–Crippen MR) is 191 cm³/mol. The van der Waals surface area contributed by atoms with Gasteiger partial charge in [-0.1, -0.05) is 61.9 Å². The predicted octanol–water partition coefficient (Wildman–Crippen LogP) is 10.5. The third-order valence-electron chi connectivity index (χ3n) is 10.6. The Hall–Kier alpha value is -4.96. The molecule has 1 saturated carbocycles. The normalized spacial score (nSPS) is 17.7. The highest BCUT2D eigenvalue weighted by atomic mass is 15.1. The van der Waals surface area contributed by atoms with Crippen molar-refractivity contribution in [1.82, 2.24) is 19.1 Å². The Morgan fingerprint density at radius 1 is 0.717 bits per heavy atom. The molecule has 3 aromatic heterocycles. The van der Waals surface area contributed by atoms with E-state index in [-0.39, 0.29) is 5.41 Å². The summed E-state index contributed by atoms with van der Waals surface area (Å²) in [6, 6.07) is 26.9. The zero-order chi connectivity index (χ0) is 31.9. The van der Waals surface area contributed by atoms with Gasteiger partial charge in [-0.3, -0.25) is 9.55 Å². The van der Waals surface area contributed by atoms with E-state index >= 15 is 0 Å². The molecule has 4 aromatic carbocycles. The van der Waals surface area contributed by atoms with Crippen LogP contribution in [0.2, 0.25) is 0 Å². The summed E-state index contributed by atoms with van der Waals surface area (Å²) in [6.07, 6.45) is 9.20. The van der Waals surface area contributed by atoms with Crippen LogP contribution >= 0.6 is 0 Å². The van der Waals surface area contributed by atoms with Crippen molar-refractivity contribution in [2.75, 3.05) is 0 Å². The molecule has 228 valence electrons. The number of pyridine rings is 1. The molecule has 0 amide bonds. The second kappa shape index (κ2) is 10.3. The summed E-state index contributed by atoms with van der Waals surface area (Å²) in [4.78, 5) is 9.69. The number of fused-ring (bicyclic) bond motifs is 3. The SMILES string of the molecule is Cc1cc(C)c(-n2c3cnccc3c3cc(-c4nccn4-c4c(C)cc(-c5ccccc5)cc4C)c(C4(C)C[C@H]4C)cc32)c(C)c1. The summed E-state index contributed by atoms with van der Waals surface area (Å²) >= 11 is 0. The first-order valence-electron chi connectivity index (χ1n) is 16.4. The van der Waals surface area contributed by atoms with Gasteiger partial charge >= 0.3 is 0 Å². The average molecular weight is 601 g/mol. The molecule has 0 aliphatic heterocycles. The van der Waals surface area contributed by atoms with E-state index in [4.69, 9.17) is 4.98 Å². The van der Waals surface area contributed by atoms with Gasteiger partial charge in [0.1, 0.15) is 5.82 Å². The molecule has 0 radical (unpaired) electrons. The molecule has 1 unspecified atom stereocenters. The molecule has 1 fully saturated rings. The molecule has 0 saturated heterocycles. The zero-order valence-electron chi connectivity index (χ0n) is 27.8. The number of imidazole rings is 1. The summed E-state index contributed by atoms with van der Waals surface area (Å²) < 4.78 is 4.77. The van der Waals surface area contributed by atoms with Crippen LogP contribution in [-0.2, 0) is 5.41 Å². The Balaban J connectivity index is 1.40. The van der Waals surface area contributed by atoms with Gasteiger partial charge < -0.3 is 4.57 Å². The summed E-state index contributed by atoms with van der Waals surface area (Å²) in [5.74, 6) is 1.59. The van der Waals surface area contributed by atoms with Crippen molar-refractivity contribution in [3.8, 4) is 33.9 Å². The number of hydrogen-bond donors (Lipinski definition) is 0. The van der Waals surface area contributed by atoms with Crippen LogP contribution in [0.4, 0.5) is 0 Å². The Kier molecular flexibility index (Phi) is 6.37. The van der Waals surface area contributed by atoms with Crippen LogP contribution in [0.15, 0.2) is 97.6 Å². The summed E-state index contributed by atoms with van der Waals surface area (Å²) in [5, 5.41) is 2.44. The van der Waals surface area contributed by atoms with Crippen LogP contribution in [0.25, 0.3) is 55.7 Å². The maximum Gasteiger partial charge on any atom is 0.144 e. The fraction of sp³-hybridized carbons (Fsp3) is 0.238. The molecule has 3 heterocycles. The highest BCUT2D eigenvalue weighted by molar-refractivity contribution is 6.11. The van der Waals surface area contributed by atoms with E-state index in [1.54, 1.807) is 0 Å². The van der Waals surface area contributed by atoms with Crippen molar-refractivity contribution in [3.63, 3.8) is 0 Å². The van der Waals surface area contributed by atoms with E-state index in [0.717, 1.165) is 11.3 Å². The number of aromatic nitrogens is 4. The molecule has 8 rings (SSSR count). The maximum absolute atomic E-state index is 5.09. The van der Waals surface area contributed by atoms with E-state index in [1.807, 2.05) is 18.6 Å². The minimum Gasteiger partial charge on any atom is -0.307 e. The van der Waals surface area contributed by atoms with E-state index < -0.39 is 0 Å². The van der Waals surface area contributed by atoms with E-state index in [2.05, 4.69) is 142 Å². The van der Waals surface area contributed by atoms with Crippen LogP contribution in [0.3, 0.4) is 0 Å². The summed E-state index contributed by atoms with van der Waals surface area (Å²) in [7, 11) is 0. The quantitative estimate of drug-likeness (QED) is 0.197. The van der Waals surface area contributed by atoms with Crippen LogP contribution in [0, 0.1) is 40.5 Å². The molecule has 0 spiro atoms. The van der Waals surface area contributed by atoms with Gasteiger partial charge in [0.15, 0.2) is 0 Å². The third kappa shape index (κ3) is 4.27. The molecule has 1 aliphatic rings. The second-order valence-corrected chi connectivity index (χ2v) is 13.9. The van der Waals surface area contributed by atoms with Crippen LogP contribution < -0.4 is 0 Å². The number of rotatable bonds is 5. The minimum absolute atomic E-state index is 0.0818. The van der Waals surface area contributed by atoms with Crippen molar-refractivity contribution in [3.05, 3.63) is 131 Å². The average Bonchev–Trinajstić information content (AvgIpc) is 3.32. The first-order valence-corrected chi connectivity index (χ1v) is 16.4. The topological polar surface area (TPSA) is 35.6 Å². The Morgan fingerprint density at radius 3 is 2.07 bits per heavy atom. The lowest BCUT2D eigenvalue weighted by molar-refractivity contribution is 0.703. The van der Waals surface area contributed by atoms with Gasteiger partial charge in [0.2, 0.25) is 0 Å². The maximum atomic E-state index is 5.09. The third-order valence-corrected chi connectivity index (χ3v) is 10.6. The highest BCUT2D eigenvalue weighted by Gasteiger charge is 2.49. The molecular weight excluding hydrogens is 560 g/mol. The van der Waals surface area contributed by atoms with Crippen molar-refractivity contribution in [2.24, 2.45) is 5.92 Å². The first kappa shape index (κ1) is 28.5. The fourth-order valence-electron chi connectivity index (χ4n) is 8.10. The second-order valence-electron chi connectivity index (χ2n) is 13.9. The molecule has 2 atom stereocenters. The Labute approximate surface area is 271 Å². The lowest BCUT2D eigenvalue weighted by atomic mass is 9.89. The molecule has 0 N–H and O–H groups in total. The molecular formula is C42H40N4. The largest absolute Gasteiger partial charge is 0.307 e. The van der Waals surface area contributed by atoms with Crippen LogP contribution in [-0.4, -0.2) is 19.1 Å².